The predicted molar refractivity (Wildman–Crippen MR) is 123 cm³/mol. The van der Waals surface area contributed by atoms with E-state index in [4.69, 9.17) is 9.47 Å². The van der Waals surface area contributed by atoms with Gasteiger partial charge < -0.3 is 14.5 Å². The first-order valence-corrected chi connectivity index (χ1v) is 11.8. The molecule has 1 saturated heterocycles. The molecule has 1 fully saturated rings. The zero-order chi connectivity index (χ0) is 22.2. The number of aromatic nitrogens is 3. The fourth-order valence-electron chi connectivity index (χ4n) is 3.74. The standard InChI is InChI=1S/C24H29N3O3S/c1-15-11-25-21(14-31(28)23-26-19-8-6-7-9-20(19)27-23)17(3)22(15)29-12-18-10-16(2)24(4,5)30-13-18/h6-9,11,18H,2,10,12-14H2,1,3-5H3,(H,26,27). The summed E-state index contributed by atoms with van der Waals surface area (Å²) in [5.74, 6) is 1.35. The number of nitrogens with zero attached hydrogens (tertiary/aromatic N) is 2. The highest BCUT2D eigenvalue weighted by atomic mass is 32.2. The van der Waals surface area contributed by atoms with Crippen LogP contribution in [0.4, 0.5) is 0 Å². The monoisotopic (exact) mass is 439 g/mol. The van der Waals surface area contributed by atoms with Crippen LogP contribution >= 0.6 is 0 Å². The first-order chi connectivity index (χ1) is 14.7. The van der Waals surface area contributed by atoms with E-state index < -0.39 is 10.8 Å². The van der Waals surface area contributed by atoms with Crippen molar-refractivity contribution < 1.29 is 13.7 Å². The average Bonchev–Trinajstić information content (AvgIpc) is 3.17. The van der Waals surface area contributed by atoms with E-state index in [-0.39, 0.29) is 17.3 Å². The molecule has 164 valence electrons. The Morgan fingerprint density at radius 2 is 2.10 bits per heavy atom. The molecule has 2 unspecified atom stereocenters. The highest BCUT2D eigenvalue weighted by molar-refractivity contribution is 7.84. The smallest absolute Gasteiger partial charge is 0.197 e. The molecule has 3 aromatic rings. The van der Waals surface area contributed by atoms with Crippen molar-refractivity contribution in [1.82, 2.24) is 15.0 Å². The Hall–Kier alpha value is -2.51. The number of aromatic amines is 1. The first kappa shape index (κ1) is 21.7. The van der Waals surface area contributed by atoms with Gasteiger partial charge >= 0.3 is 0 Å². The van der Waals surface area contributed by atoms with Gasteiger partial charge in [0.1, 0.15) is 5.75 Å². The number of ether oxygens (including phenoxy) is 2. The van der Waals surface area contributed by atoms with Crippen LogP contribution in [0.25, 0.3) is 11.0 Å². The normalized spacial score (nSPS) is 19.5. The zero-order valence-electron chi connectivity index (χ0n) is 18.5. The molecule has 0 amide bonds. The van der Waals surface area contributed by atoms with Crippen molar-refractivity contribution in [2.75, 3.05) is 13.2 Å². The summed E-state index contributed by atoms with van der Waals surface area (Å²) in [7, 11) is -1.33. The van der Waals surface area contributed by atoms with Gasteiger partial charge in [-0.15, -0.1) is 0 Å². The number of pyridine rings is 1. The second kappa shape index (κ2) is 8.55. The number of aryl methyl sites for hydroxylation is 1. The van der Waals surface area contributed by atoms with E-state index in [0.29, 0.717) is 18.4 Å². The van der Waals surface area contributed by atoms with Gasteiger partial charge in [0.05, 0.1) is 52.1 Å². The summed E-state index contributed by atoms with van der Waals surface area (Å²) in [6.07, 6.45) is 2.67. The van der Waals surface area contributed by atoms with Crippen LogP contribution in [-0.2, 0) is 21.3 Å². The van der Waals surface area contributed by atoms with Crippen LogP contribution in [0.3, 0.4) is 0 Å². The minimum absolute atomic E-state index is 0.264. The molecule has 2 atom stereocenters. The van der Waals surface area contributed by atoms with Gasteiger partial charge in [-0.2, -0.15) is 0 Å². The van der Waals surface area contributed by atoms with E-state index in [2.05, 4.69) is 35.4 Å². The number of nitrogens with one attached hydrogen (secondary N) is 1. The molecule has 7 heteroatoms. The van der Waals surface area contributed by atoms with Crippen LogP contribution in [0.5, 0.6) is 5.75 Å². The second-order valence-corrected chi connectivity index (χ2v) is 10.1. The molecule has 1 aliphatic rings. The molecule has 6 nitrogen and oxygen atoms in total. The minimum Gasteiger partial charge on any atom is -0.493 e. The largest absolute Gasteiger partial charge is 0.493 e. The van der Waals surface area contributed by atoms with Crippen molar-refractivity contribution in [2.45, 2.75) is 50.6 Å². The Kier molecular flexibility index (Phi) is 5.99. The highest BCUT2D eigenvalue weighted by Gasteiger charge is 2.31. The maximum atomic E-state index is 12.9. The van der Waals surface area contributed by atoms with Crippen LogP contribution in [0.2, 0.25) is 0 Å². The van der Waals surface area contributed by atoms with E-state index in [1.165, 1.54) is 0 Å². The van der Waals surface area contributed by atoms with Crippen LogP contribution in [-0.4, -0.2) is 38.0 Å². The first-order valence-electron chi connectivity index (χ1n) is 10.5. The van der Waals surface area contributed by atoms with Gasteiger partial charge in [0, 0.05) is 23.2 Å². The van der Waals surface area contributed by atoms with Gasteiger partial charge in [-0.1, -0.05) is 18.7 Å². The maximum Gasteiger partial charge on any atom is 0.197 e. The summed E-state index contributed by atoms with van der Waals surface area (Å²) in [6.45, 7) is 13.4. The molecule has 0 saturated carbocycles. The summed E-state index contributed by atoms with van der Waals surface area (Å²) >= 11 is 0. The third-order valence-electron chi connectivity index (χ3n) is 5.93. The quantitative estimate of drug-likeness (QED) is 0.567. The van der Waals surface area contributed by atoms with Crippen molar-refractivity contribution >= 4 is 21.8 Å². The van der Waals surface area contributed by atoms with E-state index in [1.54, 1.807) is 6.20 Å². The molecule has 0 spiro atoms. The second-order valence-electron chi connectivity index (χ2n) is 8.70. The molecule has 1 aliphatic heterocycles. The number of rotatable bonds is 6. The number of fused-ring (bicyclic) bond motifs is 1. The Morgan fingerprint density at radius 1 is 1.32 bits per heavy atom. The van der Waals surface area contributed by atoms with Crippen molar-refractivity contribution in [2.24, 2.45) is 5.92 Å². The van der Waals surface area contributed by atoms with Crippen LogP contribution in [0.15, 0.2) is 47.8 Å². The van der Waals surface area contributed by atoms with Crippen LogP contribution in [0, 0.1) is 19.8 Å². The maximum absolute atomic E-state index is 12.9. The molecule has 4 rings (SSSR count). The van der Waals surface area contributed by atoms with E-state index in [0.717, 1.165) is 45.6 Å². The molecular weight excluding hydrogens is 410 g/mol. The number of hydrogen-bond donors (Lipinski definition) is 1. The molecule has 1 N–H and O–H groups in total. The lowest BCUT2D eigenvalue weighted by Crippen LogP contribution is -2.37. The van der Waals surface area contributed by atoms with Crippen molar-refractivity contribution in [3.8, 4) is 5.75 Å². The van der Waals surface area contributed by atoms with Gasteiger partial charge in [0.25, 0.3) is 0 Å². The lowest BCUT2D eigenvalue weighted by atomic mass is 9.87. The van der Waals surface area contributed by atoms with Crippen LogP contribution < -0.4 is 4.74 Å². The molecular formula is C24H29N3O3S. The third kappa shape index (κ3) is 4.57. The fourth-order valence-corrected chi connectivity index (χ4v) is 4.84. The van der Waals surface area contributed by atoms with E-state index in [9.17, 15) is 4.21 Å². The molecule has 3 heterocycles. The lowest BCUT2D eigenvalue weighted by Gasteiger charge is -2.37. The molecule has 0 radical (unpaired) electrons. The summed E-state index contributed by atoms with van der Waals surface area (Å²) < 4.78 is 25.1. The van der Waals surface area contributed by atoms with Gasteiger partial charge in [-0.25, -0.2) is 4.98 Å². The minimum atomic E-state index is -1.33. The van der Waals surface area contributed by atoms with Gasteiger partial charge in [-0.05, 0) is 51.8 Å². The summed E-state index contributed by atoms with van der Waals surface area (Å²) in [5, 5.41) is 0.464. The Morgan fingerprint density at radius 3 is 2.84 bits per heavy atom. The molecule has 31 heavy (non-hydrogen) atoms. The van der Waals surface area contributed by atoms with E-state index in [1.807, 2.05) is 38.1 Å². The SMILES string of the molecule is C=C1CC(COc2c(C)cnc(CS(=O)c3nc4ccccc4[nH]3)c2C)COC1(C)C. The van der Waals surface area contributed by atoms with Crippen LogP contribution in [0.1, 0.15) is 37.1 Å². The topological polar surface area (TPSA) is 77.1 Å². The number of hydrogen-bond acceptors (Lipinski definition) is 5. The Bertz CT molecular complexity index is 1120. The molecule has 0 bridgehead atoms. The summed E-state index contributed by atoms with van der Waals surface area (Å²) in [4.78, 5) is 12.1. The van der Waals surface area contributed by atoms with Gasteiger partial charge in [0.2, 0.25) is 0 Å². The lowest BCUT2D eigenvalue weighted by molar-refractivity contribution is -0.0456. The fraction of sp³-hybridized carbons (Fsp3) is 0.417. The number of imidazole rings is 1. The van der Waals surface area contributed by atoms with Gasteiger partial charge in [0.15, 0.2) is 5.16 Å². The third-order valence-corrected chi connectivity index (χ3v) is 7.09. The van der Waals surface area contributed by atoms with Crippen molar-refractivity contribution in [3.63, 3.8) is 0 Å². The van der Waals surface area contributed by atoms with Crippen molar-refractivity contribution in [3.05, 3.63) is 59.4 Å². The highest BCUT2D eigenvalue weighted by Crippen LogP contribution is 2.33. The van der Waals surface area contributed by atoms with E-state index >= 15 is 0 Å². The number of para-hydroxylation sites is 2. The number of H-pyrrole nitrogens is 1. The molecule has 1 aromatic carbocycles. The molecule has 0 aliphatic carbocycles. The van der Waals surface area contributed by atoms with Crippen molar-refractivity contribution in [1.29, 1.82) is 0 Å². The summed E-state index contributed by atoms with van der Waals surface area (Å²) in [5.41, 5.74) is 5.15. The number of benzene rings is 1. The molecule has 2 aromatic heterocycles. The summed E-state index contributed by atoms with van der Waals surface area (Å²) in [6, 6.07) is 7.67. The predicted octanol–water partition coefficient (Wildman–Crippen LogP) is 4.63. The average molecular weight is 440 g/mol. The Labute approximate surface area is 185 Å². The Balaban J connectivity index is 1.47. The zero-order valence-corrected chi connectivity index (χ0v) is 19.3. The van der Waals surface area contributed by atoms with Gasteiger partial charge in [-0.3, -0.25) is 9.19 Å².